The number of halogens is 1. The zero-order chi connectivity index (χ0) is 21.6. The Labute approximate surface area is 181 Å². The minimum absolute atomic E-state index is 0.261. The maximum Gasteiger partial charge on any atom is 0.214 e. The first kappa shape index (κ1) is 20.5. The zero-order valence-electron chi connectivity index (χ0n) is 17.1. The highest BCUT2D eigenvalue weighted by Crippen LogP contribution is 2.34. The molecule has 0 saturated heterocycles. The number of hydrogen-bond donors (Lipinski definition) is 1. The number of carbonyl (C=O) groups is 1. The van der Waals surface area contributed by atoms with Gasteiger partial charge in [-0.2, -0.15) is 5.26 Å². The van der Waals surface area contributed by atoms with Crippen molar-refractivity contribution >= 4 is 17.9 Å². The second-order valence-corrected chi connectivity index (χ2v) is 7.73. The second kappa shape index (κ2) is 9.40. The number of rotatable bonds is 9. The number of aromatic nitrogens is 1. The van der Waals surface area contributed by atoms with Gasteiger partial charge >= 0.3 is 0 Å². The number of anilines is 2. The third kappa shape index (κ3) is 5.07. The van der Waals surface area contributed by atoms with E-state index in [2.05, 4.69) is 11.4 Å². The van der Waals surface area contributed by atoms with Crippen LogP contribution in [0.5, 0.6) is 0 Å². The largest absolute Gasteiger partial charge is 0.368 e. The van der Waals surface area contributed by atoms with Gasteiger partial charge in [0, 0.05) is 18.7 Å². The predicted octanol–water partition coefficient (Wildman–Crippen LogP) is 4.79. The van der Waals surface area contributed by atoms with Crippen molar-refractivity contribution in [1.29, 1.82) is 5.26 Å². The monoisotopic (exact) mass is 414 g/mol. The molecule has 1 N–H and O–H groups in total. The summed E-state index contributed by atoms with van der Waals surface area (Å²) in [6.07, 6.45) is 3.72. The van der Waals surface area contributed by atoms with E-state index < -0.39 is 0 Å². The fraction of sp³-hybridized carbons (Fsp3) is 0.240. The summed E-state index contributed by atoms with van der Waals surface area (Å²) >= 11 is 0. The Morgan fingerprint density at radius 2 is 2.00 bits per heavy atom. The molecule has 1 aromatic heterocycles. The molecule has 1 aliphatic rings. The summed E-state index contributed by atoms with van der Waals surface area (Å²) in [4.78, 5) is 18.2. The van der Waals surface area contributed by atoms with Crippen LogP contribution in [0.4, 0.5) is 15.9 Å². The smallest absolute Gasteiger partial charge is 0.214 e. The van der Waals surface area contributed by atoms with Gasteiger partial charge in [0.1, 0.15) is 5.82 Å². The molecule has 0 bridgehead atoms. The summed E-state index contributed by atoms with van der Waals surface area (Å²) in [7, 11) is 0. The van der Waals surface area contributed by atoms with Gasteiger partial charge in [-0.3, -0.25) is 4.79 Å². The number of benzene rings is 2. The van der Waals surface area contributed by atoms with Crippen molar-refractivity contribution < 1.29 is 9.18 Å². The SMILES string of the molecule is N#Cc1ccccc1-c1ccc(N(C=O)CC2CC2)c(NCCc2cccc(F)c2)n1. The summed E-state index contributed by atoms with van der Waals surface area (Å²) in [5, 5.41) is 12.8. The van der Waals surface area contributed by atoms with Crippen LogP contribution in [0.3, 0.4) is 0 Å². The van der Waals surface area contributed by atoms with E-state index in [0.29, 0.717) is 48.2 Å². The van der Waals surface area contributed by atoms with E-state index in [0.717, 1.165) is 30.4 Å². The molecule has 6 heteroatoms. The zero-order valence-corrected chi connectivity index (χ0v) is 17.1. The van der Waals surface area contributed by atoms with Crippen molar-refractivity contribution in [2.24, 2.45) is 5.92 Å². The van der Waals surface area contributed by atoms with Crippen molar-refractivity contribution in [1.82, 2.24) is 4.98 Å². The van der Waals surface area contributed by atoms with Crippen molar-refractivity contribution in [3.8, 4) is 17.3 Å². The molecular weight excluding hydrogens is 391 g/mol. The molecule has 156 valence electrons. The molecule has 0 aliphatic heterocycles. The van der Waals surface area contributed by atoms with Crippen LogP contribution < -0.4 is 10.2 Å². The summed E-state index contributed by atoms with van der Waals surface area (Å²) in [6.45, 7) is 1.20. The van der Waals surface area contributed by atoms with Crippen LogP contribution in [0.15, 0.2) is 60.7 Å². The molecule has 0 unspecified atom stereocenters. The first-order chi connectivity index (χ1) is 15.2. The maximum atomic E-state index is 13.5. The number of nitrogens with zero attached hydrogens (tertiary/aromatic N) is 3. The lowest BCUT2D eigenvalue weighted by molar-refractivity contribution is -0.107. The van der Waals surface area contributed by atoms with Gasteiger partial charge in [0.2, 0.25) is 6.41 Å². The van der Waals surface area contributed by atoms with Gasteiger partial charge in [0.05, 0.1) is 23.0 Å². The molecule has 4 rings (SSSR count). The van der Waals surface area contributed by atoms with E-state index in [-0.39, 0.29) is 5.82 Å². The summed E-state index contributed by atoms with van der Waals surface area (Å²) in [5.41, 5.74) is 3.53. The van der Waals surface area contributed by atoms with Crippen molar-refractivity contribution in [3.05, 3.63) is 77.6 Å². The Balaban J connectivity index is 1.62. The standard InChI is InChI=1S/C25H23FN4O/c26-21-6-3-4-18(14-21)12-13-28-25-24(30(17-31)16-19-8-9-19)11-10-23(29-25)22-7-2-1-5-20(22)15-27/h1-7,10-11,14,17,19H,8-9,12-13,16H2,(H,28,29). The van der Waals surface area contributed by atoms with Crippen molar-refractivity contribution in [3.63, 3.8) is 0 Å². The van der Waals surface area contributed by atoms with Crippen LogP contribution in [-0.2, 0) is 11.2 Å². The molecule has 3 aromatic rings. The Morgan fingerprint density at radius 3 is 2.74 bits per heavy atom. The first-order valence-corrected chi connectivity index (χ1v) is 10.4. The van der Waals surface area contributed by atoms with Gasteiger partial charge in [-0.15, -0.1) is 0 Å². The third-order valence-corrected chi connectivity index (χ3v) is 5.38. The average Bonchev–Trinajstić information content (AvgIpc) is 3.62. The quantitative estimate of drug-likeness (QED) is 0.511. The van der Waals surface area contributed by atoms with Crippen molar-refractivity contribution in [2.75, 3.05) is 23.3 Å². The number of hydrogen-bond acceptors (Lipinski definition) is 4. The third-order valence-electron chi connectivity index (χ3n) is 5.38. The van der Waals surface area contributed by atoms with E-state index in [1.54, 1.807) is 17.0 Å². The molecule has 1 fully saturated rings. The fourth-order valence-electron chi connectivity index (χ4n) is 3.56. The Hall–Kier alpha value is -3.72. The molecule has 1 heterocycles. The molecule has 5 nitrogen and oxygen atoms in total. The highest BCUT2D eigenvalue weighted by Gasteiger charge is 2.26. The summed E-state index contributed by atoms with van der Waals surface area (Å²) in [5.74, 6) is 0.849. The minimum atomic E-state index is -0.261. The number of nitriles is 1. The van der Waals surface area contributed by atoms with Gasteiger partial charge in [0.25, 0.3) is 0 Å². The normalized spacial score (nSPS) is 12.8. The predicted molar refractivity (Wildman–Crippen MR) is 119 cm³/mol. The highest BCUT2D eigenvalue weighted by atomic mass is 19.1. The van der Waals surface area contributed by atoms with Gasteiger partial charge in [-0.25, -0.2) is 9.37 Å². The van der Waals surface area contributed by atoms with Crippen LogP contribution in [0.2, 0.25) is 0 Å². The molecule has 1 amide bonds. The molecular formula is C25H23FN4O. The first-order valence-electron chi connectivity index (χ1n) is 10.4. The van der Waals surface area contributed by atoms with E-state index in [9.17, 15) is 14.4 Å². The van der Waals surface area contributed by atoms with Crippen LogP contribution >= 0.6 is 0 Å². The number of carbonyl (C=O) groups excluding carboxylic acids is 1. The molecule has 0 atom stereocenters. The Morgan fingerprint density at radius 1 is 1.16 bits per heavy atom. The van der Waals surface area contributed by atoms with Gasteiger partial charge in [0.15, 0.2) is 5.82 Å². The Bertz CT molecular complexity index is 1120. The minimum Gasteiger partial charge on any atom is -0.368 e. The molecule has 2 aromatic carbocycles. The topological polar surface area (TPSA) is 69.0 Å². The van der Waals surface area contributed by atoms with Crippen LogP contribution in [0.25, 0.3) is 11.3 Å². The lowest BCUT2D eigenvalue weighted by Gasteiger charge is -2.21. The molecule has 0 radical (unpaired) electrons. The van der Waals surface area contributed by atoms with E-state index in [1.165, 1.54) is 12.1 Å². The van der Waals surface area contributed by atoms with E-state index in [1.807, 2.05) is 36.4 Å². The van der Waals surface area contributed by atoms with Gasteiger partial charge < -0.3 is 10.2 Å². The Kier molecular flexibility index (Phi) is 6.23. The van der Waals surface area contributed by atoms with Crippen LogP contribution in [0, 0.1) is 23.1 Å². The van der Waals surface area contributed by atoms with Gasteiger partial charge in [-0.05, 0) is 61.1 Å². The van der Waals surface area contributed by atoms with Crippen molar-refractivity contribution in [2.45, 2.75) is 19.3 Å². The fourth-order valence-corrected chi connectivity index (χ4v) is 3.56. The number of amides is 1. The summed E-state index contributed by atoms with van der Waals surface area (Å²) in [6, 6.07) is 19.7. The molecule has 1 saturated carbocycles. The van der Waals surface area contributed by atoms with E-state index in [4.69, 9.17) is 4.98 Å². The number of pyridine rings is 1. The molecule has 31 heavy (non-hydrogen) atoms. The highest BCUT2D eigenvalue weighted by molar-refractivity contribution is 5.84. The van der Waals surface area contributed by atoms with E-state index >= 15 is 0 Å². The van der Waals surface area contributed by atoms with Crippen LogP contribution in [-0.4, -0.2) is 24.5 Å². The second-order valence-electron chi connectivity index (χ2n) is 7.73. The molecule has 1 aliphatic carbocycles. The number of nitrogens with one attached hydrogen (secondary N) is 1. The lowest BCUT2D eigenvalue weighted by atomic mass is 10.0. The maximum absolute atomic E-state index is 13.5. The lowest BCUT2D eigenvalue weighted by Crippen LogP contribution is -2.25. The van der Waals surface area contributed by atoms with Crippen LogP contribution in [0.1, 0.15) is 24.0 Å². The average molecular weight is 414 g/mol. The summed E-state index contributed by atoms with van der Waals surface area (Å²) < 4.78 is 13.5. The van der Waals surface area contributed by atoms with Gasteiger partial charge in [-0.1, -0.05) is 30.3 Å². The molecule has 0 spiro atoms.